The Morgan fingerprint density at radius 1 is 1.15 bits per heavy atom. The maximum absolute atomic E-state index is 12.7. The first-order valence-electron chi connectivity index (χ1n) is 9.04. The number of phenolic OH excluding ortho intramolecular Hbond substituents is 1. The van der Waals surface area contributed by atoms with Crippen molar-refractivity contribution in [3.8, 4) is 11.5 Å². The van der Waals surface area contributed by atoms with E-state index in [0.717, 1.165) is 30.5 Å². The Morgan fingerprint density at radius 3 is 2.58 bits per heavy atom. The lowest BCUT2D eigenvalue weighted by molar-refractivity contribution is 0.101. The molecular formula is C22H25NO3. The van der Waals surface area contributed by atoms with E-state index >= 15 is 0 Å². The lowest BCUT2D eigenvalue weighted by Gasteiger charge is -2.18. The summed E-state index contributed by atoms with van der Waals surface area (Å²) < 4.78 is 5.90. The number of unbranched alkanes of at least 4 members (excludes halogenated alkanes) is 1. The van der Waals surface area contributed by atoms with Crippen molar-refractivity contribution in [3.63, 3.8) is 0 Å². The molecule has 1 N–H and O–H groups in total. The fourth-order valence-corrected chi connectivity index (χ4v) is 3.04. The molecule has 0 fully saturated rings. The molecule has 4 nitrogen and oxygen atoms in total. The van der Waals surface area contributed by atoms with Gasteiger partial charge in [0, 0.05) is 6.54 Å². The van der Waals surface area contributed by atoms with Gasteiger partial charge in [0.2, 0.25) is 5.78 Å². The van der Waals surface area contributed by atoms with Crippen LogP contribution in [-0.2, 0) is 6.54 Å². The van der Waals surface area contributed by atoms with E-state index in [1.807, 2.05) is 38.2 Å². The molecule has 0 saturated carbocycles. The Labute approximate surface area is 154 Å². The maximum Gasteiger partial charge on any atom is 0.231 e. The molecule has 0 saturated heterocycles. The molecule has 0 radical (unpaired) electrons. The molecule has 4 heteroatoms. The quantitative estimate of drug-likeness (QED) is 0.776. The number of aromatic hydroxyl groups is 1. The Bertz CT molecular complexity index is 837. The standard InChI is InChI=1S/C22H25NO3/c1-4-5-12-23(3)14-18-19(24)11-10-17-21(25)20(26-22(17)18)13-16-8-6-15(2)7-9-16/h6-11,13,24H,4-5,12,14H2,1-3H3/b20-13-. The average molecular weight is 351 g/mol. The van der Waals surface area contributed by atoms with E-state index in [-0.39, 0.29) is 11.5 Å². The minimum absolute atomic E-state index is 0.141. The summed E-state index contributed by atoms with van der Waals surface area (Å²) in [5.74, 6) is 0.804. The van der Waals surface area contributed by atoms with Crippen LogP contribution in [0, 0.1) is 6.92 Å². The number of nitrogens with zero attached hydrogens (tertiary/aromatic N) is 1. The summed E-state index contributed by atoms with van der Waals surface area (Å²) in [5, 5.41) is 10.3. The van der Waals surface area contributed by atoms with Crippen LogP contribution < -0.4 is 4.74 Å². The molecule has 1 aliphatic rings. The summed E-state index contributed by atoms with van der Waals surface area (Å²) >= 11 is 0. The minimum Gasteiger partial charge on any atom is -0.507 e. The highest BCUT2D eigenvalue weighted by Gasteiger charge is 2.31. The van der Waals surface area contributed by atoms with Gasteiger partial charge in [-0.05, 0) is 50.7 Å². The zero-order valence-corrected chi connectivity index (χ0v) is 15.6. The van der Waals surface area contributed by atoms with Crippen LogP contribution in [0.1, 0.15) is 46.8 Å². The van der Waals surface area contributed by atoms with Gasteiger partial charge in [-0.3, -0.25) is 4.79 Å². The Balaban J connectivity index is 1.89. The van der Waals surface area contributed by atoms with Gasteiger partial charge in [-0.2, -0.15) is 0 Å². The smallest absolute Gasteiger partial charge is 0.231 e. The van der Waals surface area contributed by atoms with E-state index in [0.29, 0.717) is 29.2 Å². The van der Waals surface area contributed by atoms with E-state index < -0.39 is 0 Å². The van der Waals surface area contributed by atoms with E-state index in [1.54, 1.807) is 18.2 Å². The first kappa shape index (κ1) is 18.2. The third-order valence-electron chi connectivity index (χ3n) is 4.61. The maximum atomic E-state index is 12.7. The second-order valence-electron chi connectivity index (χ2n) is 6.88. The summed E-state index contributed by atoms with van der Waals surface area (Å²) in [6.07, 6.45) is 3.95. The fraction of sp³-hybridized carbons (Fsp3) is 0.318. The van der Waals surface area contributed by atoms with Crippen LogP contribution in [0.4, 0.5) is 0 Å². The molecule has 136 valence electrons. The number of carbonyl (C=O) groups is 1. The molecule has 0 atom stereocenters. The molecule has 2 aromatic carbocycles. The topological polar surface area (TPSA) is 49.8 Å². The van der Waals surface area contributed by atoms with Crippen molar-refractivity contribution in [1.29, 1.82) is 0 Å². The number of ether oxygens (including phenoxy) is 1. The molecule has 3 rings (SSSR count). The highest BCUT2D eigenvalue weighted by molar-refractivity contribution is 6.15. The van der Waals surface area contributed by atoms with Gasteiger partial charge >= 0.3 is 0 Å². The SMILES string of the molecule is CCCCN(C)Cc1c(O)ccc2c1O/C(=C\c1ccc(C)cc1)C2=O. The van der Waals surface area contributed by atoms with E-state index in [9.17, 15) is 9.90 Å². The lowest BCUT2D eigenvalue weighted by atomic mass is 10.0. The van der Waals surface area contributed by atoms with Gasteiger partial charge in [-0.15, -0.1) is 0 Å². The number of carbonyl (C=O) groups excluding carboxylic acids is 1. The van der Waals surface area contributed by atoms with Crippen molar-refractivity contribution in [1.82, 2.24) is 4.90 Å². The summed E-state index contributed by atoms with van der Waals surface area (Å²) in [4.78, 5) is 14.8. The molecule has 0 aromatic heterocycles. The number of aryl methyl sites for hydroxylation is 1. The van der Waals surface area contributed by atoms with Gasteiger partial charge in [0.05, 0.1) is 11.1 Å². The van der Waals surface area contributed by atoms with Crippen LogP contribution in [-0.4, -0.2) is 29.4 Å². The van der Waals surface area contributed by atoms with E-state index in [1.165, 1.54) is 0 Å². The van der Waals surface area contributed by atoms with Crippen molar-refractivity contribution >= 4 is 11.9 Å². The number of benzene rings is 2. The monoisotopic (exact) mass is 351 g/mol. The third-order valence-corrected chi connectivity index (χ3v) is 4.61. The van der Waals surface area contributed by atoms with Gasteiger partial charge in [0.15, 0.2) is 5.76 Å². The Kier molecular flexibility index (Phi) is 5.43. The molecule has 1 aliphatic heterocycles. The number of rotatable bonds is 6. The van der Waals surface area contributed by atoms with Gasteiger partial charge in [-0.25, -0.2) is 0 Å². The molecule has 0 spiro atoms. The van der Waals surface area contributed by atoms with E-state index in [4.69, 9.17) is 4.74 Å². The molecule has 26 heavy (non-hydrogen) atoms. The highest BCUT2D eigenvalue weighted by Crippen LogP contribution is 2.40. The molecule has 0 aliphatic carbocycles. The largest absolute Gasteiger partial charge is 0.507 e. The van der Waals surface area contributed by atoms with Gasteiger partial charge in [0.25, 0.3) is 0 Å². The molecule has 0 unspecified atom stereocenters. The van der Waals surface area contributed by atoms with Gasteiger partial charge in [0.1, 0.15) is 11.5 Å². The number of fused-ring (bicyclic) bond motifs is 1. The molecule has 0 bridgehead atoms. The number of hydrogen-bond acceptors (Lipinski definition) is 4. The van der Waals surface area contributed by atoms with Crippen LogP contribution in [0.25, 0.3) is 6.08 Å². The number of phenols is 1. The van der Waals surface area contributed by atoms with Crippen LogP contribution in [0.3, 0.4) is 0 Å². The predicted octanol–water partition coefficient (Wildman–Crippen LogP) is 4.55. The van der Waals surface area contributed by atoms with Crippen molar-refractivity contribution in [2.75, 3.05) is 13.6 Å². The molecule has 2 aromatic rings. The number of Topliss-reactive ketones (excluding diaryl/α,β-unsaturated/α-hetero) is 1. The first-order chi connectivity index (χ1) is 12.5. The minimum atomic E-state index is -0.141. The Hall–Kier alpha value is -2.59. The Morgan fingerprint density at radius 2 is 1.88 bits per heavy atom. The van der Waals surface area contributed by atoms with Crippen LogP contribution in [0.5, 0.6) is 11.5 Å². The highest BCUT2D eigenvalue weighted by atomic mass is 16.5. The summed E-state index contributed by atoms with van der Waals surface area (Å²) in [6.45, 7) is 5.64. The van der Waals surface area contributed by atoms with Crippen molar-refractivity contribution in [3.05, 3.63) is 64.4 Å². The lowest BCUT2D eigenvalue weighted by Crippen LogP contribution is -2.19. The third kappa shape index (κ3) is 3.81. The second-order valence-corrected chi connectivity index (χ2v) is 6.88. The van der Waals surface area contributed by atoms with Gasteiger partial charge < -0.3 is 14.7 Å². The normalized spacial score (nSPS) is 14.8. The summed E-state index contributed by atoms with van der Waals surface area (Å²) in [7, 11) is 2.01. The molecular weight excluding hydrogens is 326 g/mol. The van der Waals surface area contributed by atoms with Crippen LogP contribution in [0.2, 0.25) is 0 Å². The zero-order valence-electron chi connectivity index (χ0n) is 15.6. The predicted molar refractivity (Wildman–Crippen MR) is 103 cm³/mol. The number of hydrogen-bond donors (Lipinski definition) is 1. The summed E-state index contributed by atoms with van der Waals surface area (Å²) in [6, 6.07) is 11.1. The van der Waals surface area contributed by atoms with Crippen molar-refractivity contribution in [2.24, 2.45) is 0 Å². The molecule has 0 amide bonds. The summed E-state index contributed by atoms with van der Waals surface area (Å²) in [5.41, 5.74) is 3.26. The molecule has 1 heterocycles. The van der Waals surface area contributed by atoms with Crippen molar-refractivity contribution in [2.45, 2.75) is 33.2 Å². The number of allylic oxidation sites excluding steroid dienone is 1. The average Bonchev–Trinajstić information content (AvgIpc) is 2.94. The van der Waals surface area contributed by atoms with E-state index in [2.05, 4.69) is 11.8 Å². The van der Waals surface area contributed by atoms with Crippen LogP contribution in [0.15, 0.2) is 42.2 Å². The number of ketones is 1. The van der Waals surface area contributed by atoms with Crippen LogP contribution >= 0.6 is 0 Å². The second kappa shape index (κ2) is 7.75. The zero-order chi connectivity index (χ0) is 18.7. The van der Waals surface area contributed by atoms with Crippen molar-refractivity contribution < 1.29 is 14.6 Å². The van der Waals surface area contributed by atoms with Gasteiger partial charge in [-0.1, -0.05) is 43.2 Å². The fourth-order valence-electron chi connectivity index (χ4n) is 3.04. The first-order valence-corrected chi connectivity index (χ1v) is 9.04.